The largest absolute Gasteiger partial charge is 0.378 e. The number of pyridine rings is 1. The van der Waals surface area contributed by atoms with Crippen molar-refractivity contribution in [3.63, 3.8) is 0 Å². The van der Waals surface area contributed by atoms with Crippen molar-refractivity contribution in [1.29, 1.82) is 5.26 Å². The maximum atomic E-state index is 13.1. The molecule has 1 fully saturated rings. The van der Waals surface area contributed by atoms with Crippen LogP contribution in [0.2, 0.25) is 0 Å². The van der Waals surface area contributed by atoms with Crippen LogP contribution in [0.25, 0.3) is 10.9 Å². The van der Waals surface area contributed by atoms with Gasteiger partial charge in [0.15, 0.2) is 0 Å². The van der Waals surface area contributed by atoms with Gasteiger partial charge >= 0.3 is 0 Å². The zero-order chi connectivity index (χ0) is 18.6. The van der Waals surface area contributed by atoms with Gasteiger partial charge in [0, 0.05) is 30.4 Å². The van der Waals surface area contributed by atoms with Crippen molar-refractivity contribution in [2.24, 2.45) is 0 Å². The first-order chi connectivity index (χ1) is 13.3. The number of rotatable bonds is 3. The van der Waals surface area contributed by atoms with Gasteiger partial charge in [-0.25, -0.2) is 0 Å². The van der Waals surface area contributed by atoms with E-state index in [1.807, 2.05) is 36.4 Å². The van der Waals surface area contributed by atoms with Gasteiger partial charge in [0.05, 0.1) is 41.6 Å². The topological polar surface area (TPSA) is 78.2 Å². The van der Waals surface area contributed by atoms with Crippen molar-refractivity contribution in [2.45, 2.75) is 0 Å². The number of nitriles is 1. The minimum absolute atomic E-state index is 0.258. The van der Waals surface area contributed by atoms with Gasteiger partial charge in [-0.2, -0.15) is 5.26 Å². The Morgan fingerprint density at radius 2 is 1.96 bits per heavy atom. The summed E-state index contributed by atoms with van der Waals surface area (Å²) in [6.07, 6.45) is 1.70. The van der Waals surface area contributed by atoms with E-state index in [0.29, 0.717) is 43.1 Å². The summed E-state index contributed by atoms with van der Waals surface area (Å²) in [7, 11) is 0. The van der Waals surface area contributed by atoms with Crippen molar-refractivity contribution in [3.8, 4) is 6.07 Å². The Hall–Kier alpha value is -3.43. The molecule has 1 aliphatic heterocycles. The van der Waals surface area contributed by atoms with Crippen LogP contribution < -0.4 is 10.2 Å². The maximum Gasteiger partial charge on any atom is 0.257 e. The molecule has 0 radical (unpaired) electrons. The van der Waals surface area contributed by atoms with Gasteiger partial charge in [0.2, 0.25) is 0 Å². The predicted molar refractivity (Wildman–Crippen MR) is 104 cm³/mol. The van der Waals surface area contributed by atoms with Crippen LogP contribution in [0.1, 0.15) is 15.9 Å². The highest BCUT2D eigenvalue weighted by molar-refractivity contribution is 6.11. The maximum absolute atomic E-state index is 13.1. The highest BCUT2D eigenvalue weighted by Gasteiger charge is 2.20. The van der Waals surface area contributed by atoms with Crippen molar-refractivity contribution in [1.82, 2.24) is 4.98 Å². The number of hydrogen-bond donors (Lipinski definition) is 1. The summed E-state index contributed by atoms with van der Waals surface area (Å²) in [4.78, 5) is 19.6. The minimum Gasteiger partial charge on any atom is -0.378 e. The Kier molecular flexibility index (Phi) is 4.69. The lowest BCUT2D eigenvalue weighted by atomic mass is 10.1. The molecule has 0 bridgehead atoms. The molecule has 0 unspecified atom stereocenters. The third-order valence-corrected chi connectivity index (χ3v) is 4.60. The van der Waals surface area contributed by atoms with E-state index in [4.69, 9.17) is 4.74 Å². The van der Waals surface area contributed by atoms with E-state index in [2.05, 4.69) is 21.3 Å². The molecule has 2 heterocycles. The van der Waals surface area contributed by atoms with Gasteiger partial charge in [-0.3, -0.25) is 9.78 Å². The zero-order valence-electron chi connectivity index (χ0n) is 14.7. The summed E-state index contributed by atoms with van der Waals surface area (Å²) in [6, 6.07) is 16.8. The number of benzene rings is 2. The molecule has 1 amide bonds. The lowest BCUT2D eigenvalue weighted by Crippen LogP contribution is -2.37. The second-order valence-electron chi connectivity index (χ2n) is 6.28. The van der Waals surface area contributed by atoms with Gasteiger partial charge < -0.3 is 15.0 Å². The van der Waals surface area contributed by atoms with E-state index >= 15 is 0 Å². The number of carbonyl (C=O) groups excluding carboxylic acids is 1. The molecular formula is C21H18N4O2. The summed E-state index contributed by atoms with van der Waals surface area (Å²) in [5.41, 5.74) is 3.12. The Bertz CT molecular complexity index is 1030. The number of anilines is 2. The van der Waals surface area contributed by atoms with Crippen molar-refractivity contribution in [2.75, 3.05) is 36.5 Å². The smallest absolute Gasteiger partial charge is 0.257 e. The Morgan fingerprint density at radius 1 is 1.15 bits per heavy atom. The first-order valence-electron chi connectivity index (χ1n) is 8.78. The molecule has 27 heavy (non-hydrogen) atoms. The predicted octanol–water partition coefficient (Wildman–Crippen LogP) is 3.20. The summed E-state index contributed by atoms with van der Waals surface area (Å²) < 4.78 is 5.41. The first kappa shape index (κ1) is 17.0. The standard InChI is InChI=1S/C21H18N4O2/c22-14-15-6-7-19(25-9-11-27-12-10-25)17(13-15)21(26)24-18-5-1-3-16-4-2-8-23-20(16)18/h1-8,13H,9-12H2,(H,24,26). The molecule has 4 rings (SSSR count). The van der Waals surface area contributed by atoms with E-state index in [9.17, 15) is 10.1 Å². The van der Waals surface area contributed by atoms with E-state index in [1.54, 1.807) is 18.3 Å². The molecule has 6 heteroatoms. The molecule has 3 aromatic rings. The Morgan fingerprint density at radius 3 is 2.78 bits per heavy atom. The van der Waals surface area contributed by atoms with Crippen LogP contribution >= 0.6 is 0 Å². The first-order valence-corrected chi connectivity index (χ1v) is 8.78. The van der Waals surface area contributed by atoms with Gasteiger partial charge in [0.25, 0.3) is 5.91 Å². The van der Waals surface area contributed by atoms with Gasteiger partial charge in [-0.15, -0.1) is 0 Å². The van der Waals surface area contributed by atoms with Crippen LogP contribution in [0.5, 0.6) is 0 Å². The number of aromatic nitrogens is 1. The lowest BCUT2D eigenvalue weighted by molar-refractivity contribution is 0.102. The fraction of sp³-hybridized carbons (Fsp3) is 0.190. The van der Waals surface area contributed by atoms with E-state index < -0.39 is 0 Å². The van der Waals surface area contributed by atoms with Crippen molar-refractivity contribution in [3.05, 3.63) is 65.9 Å². The fourth-order valence-electron chi connectivity index (χ4n) is 3.26. The average molecular weight is 358 g/mol. The SMILES string of the molecule is N#Cc1ccc(N2CCOCC2)c(C(=O)Nc2cccc3cccnc23)c1. The molecule has 1 N–H and O–H groups in total. The van der Waals surface area contributed by atoms with Gasteiger partial charge in [-0.1, -0.05) is 18.2 Å². The monoisotopic (exact) mass is 358 g/mol. The highest BCUT2D eigenvalue weighted by Crippen LogP contribution is 2.26. The third kappa shape index (κ3) is 3.46. The number of morpholine rings is 1. The number of nitrogens with one attached hydrogen (secondary N) is 1. The second kappa shape index (κ2) is 7.44. The molecule has 0 saturated carbocycles. The normalized spacial score (nSPS) is 14.0. The van der Waals surface area contributed by atoms with Crippen molar-refractivity contribution >= 4 is 28.2 Å². The van der Waals surface area contributed by atoms with E-state index in [0.717, 1.165) is 16.6 Å². The number of ether oxygens (including phenoxy) is 1. The number of amides is 1. The van der Waals surface area contributed by atoms with E-state index in [-0.39, 0.29) is 5.91 Å². The number of carbonyl (C=O) groups is 1. The molecule has 0 aliphatic carbocycles. The van der Waals surface area contributed by atoms with Crippen LogP contribution in [0.15, 0.2) is 54.7 Å². The van der Waals surface area contributed by atoms with Crippen molar-refractivity contribution < 1.29 is 9.53 Å². The molecule has 1 saturated heterocycles. The van der Waals surface area contributed by atoms with Gasteiger partial charge in [0.1, 0.15) is 0 Å². The third-order valence-electron chi connectivity index (χ3n) is 4.60. The molecular weight excluding hydrogens is 340 g/mol. The summed E-state index contributed by atoms with van der Waals surface area (Å²) >= 11 is 0. The summed E-state index contributed by atoms with van der Waals surface area (Å²) in [5, 5.41) is 13.2. The minimum atomic E-state index is -0.258. The van der Waals surface area contributed by atoms with Crippen LogP contribution in [-0.2, 0) is 4.74 Å². The highest BCUT2D eigenvalue weighted by atomic mass is 16.5. The molecule has 0 atom stereocenters. The van der Waals surface area contributed by atoms with Gasteiger partial charge in [-0.05, 0) is 30.3 Å². The van der Waals surface area contributed by atoms with Crippen LogP contribution in [0, 0.1) is 11.3 Å². The number of fused-ring (bicyclic) bond motifs is 1. The summed E-state index contributed by atoms with van der Waals surface area (Å²) in [6.45, 7) is 2.66. The average Bonchev–Trinajstić information content (AvgIpc) is 2.74. The van der Waals surface area contributed by atoms with Crippen LogP contribution in [0.4, 0.5) is 11.4 Å². The molecule has 6 nitrogen and oxygen atoms in total. The fourth-order valence-corrected chi connectivity index (χ4v) is 3.26. The lowest BCUT2D eigenvalue weighted by Gasteiger charge is -2.30. The molecule has 1 aliphatic rings. The van der Waals surface area contributed by atoms with Crippen LogP contribution in [0.3, 0.4) is 0 Å². The molecule has 1 aromatic heterocycles. The Balaban J connectivity index is 1.71. The number of hydrogen-bond acceptors (Lipinski definition) is 5. The number of nitrogens with zero attached hydrogens (tertiary/aromatic N) is 3. The molecule has 0 spiro atoms. The van der Waals surface area contributed by atoms with Crippen LogP contribution in [-0.4, -0.2) is 37.2 Å². The van der Waals surface area contributed by atoms with E-state index in [1.165, 1.54) is 0 Å². The molecule has 134 valence electrons. The Labute approximate surface area is 157 Å². The second-order valence-corrected chi connectivity index (χ2v) is 6.28. The summed E-state index contributed by atoms with van der Waals surface area (Å²) in [5.74, 6) is -0.258. The zero-order valence-corrected chi connectivity index (χ0v) is 14.7. The number of para-hydroxylation sites is 1. The molecule has 2 aromatic carbocycles. The quantitative estimate of drug-likeness (QED) is 0.778.